The summed E-state index contributed by atoms with van der Waals surface area (Å²) in [5.41, 5.74) is 1.66. The molecule has 0 spiro atoms. The van der Waals surface area contributed by atoms with Gasteiger partial charge in [-0.25, -0.2) is 8.42 Å². The molecule has 0 fully saturated rings. The molecule has 3 aromatic rings. The molecule has 0 aliphatic heterocycles. The average molecular weight is 593 g/mol. The van der Waals surface area contributed by atoms with Crippen LogP contribution in [0.15, 0.2) is 72.8 Å². The topological polar surface area (TPSA) is 96.0 Å². The summed E-state index contributed by atoms with van der Waals surface area (Å²) < 4.78 is 31.9. The maximum Gasteiger partial charge on any atom is 0.244 e. The fourth-order valence-corrected chi connectivity index (χ4v) is 5.51. The number of likely N-dealkylation sites (N-methyl/N-ethyl adjacent to an activating group) is 1. The van der Waals surface area contributed by atoms with Crippen LogP contribution in [0.25, 0.3) is 0 Å². The monoisotopic (exact) mass is 591 g/mol. The quantitative estimate of drug-likeness (QED) is 0.333. The fourth-order valence-electron chi connectivity index (χ4n) is 4.09. The molecule has 0 aromatic heterocycles. The molecule has 0 aliphatic rings. The van der Waals surface area contributed by atoms with Crippen LogP contribution < -0.4 is 14.4 Å². The lowest BCUT2D eigenvalue weighted by Crippen LogP contribution is -2.53. The molecule has 208 valence electrons. The van der Waals surface area contributed by atoms with Gasteiger partial charge in [0.15, 0.2) is 0 Å². The first-order chi connectivity index (χ1) is 18.5. The number of anilines is 1. The number of halogens is 2. The van der Waals surface area contributed by atoms with E-state index in [-0.39, 0.29) is 29.6 Å². The molecule has 1 unspecified atom stereocenters. The molecule has 0 radical (unpaired) electrons. The highest BCUT2D eigenvalue weighted by Crippen LogP contribution is 2.31. The molecule has 1 N–H and O–H groups in total. The minimum Gasteiger partial charge on any atom is -0.497 e. The van der Waals surface area contributed by atoms with Gasteiger partial charge in [0.1, 0.15) is 18.3 Å². The Hall–Kier alpha value is -3.27. The van der Waals surface area contributed by atoms with E-state index >= 15 is 0 Å². The van der Waals surface area contributed by atoms with Crippen LogP contribution in [0, 0.1) is 0 Å². The summed E-state index contributed by atoms with van der Waals surface area (Å²) in [6, 6.07) is 19.9. The molecule has 0 bridgehead atoms. The lowest BCUT2D eigenvalue weighted by molar-refractivity contribution is -0.140. The van der Waals surface area contributed by atoms with Gasteiger partial charge in [-0.3, -0.25) is 13.9 Å². The van der Waals surface area contributed by atoms with Crippen molar-refractivity contribution < 1.29 is 22.7 Å². The molecule has 39 heavy (non-hydrogen) atoms. The summed E-state index contributed by atoms with van der Waals surface area (Å²) >= 11 is 12.3. The average Bonchev–Trinajstić information content (AvgIpc) is 2.90. The first-order valence-corrected chi connectivity index (χ1v) is 14.8. The highest BCUT2D eigenvalue weighted by atomic mass is 35.5. The third-order valence-corrected chi connectivity index (χ3v) is 7.63. The molecule has 0 saturated carbocycles. The standard InChI is InChI=1S/C28H31Cl2N3O5S/c1-4-31-28(35)26(16-20-9-6-5-7-10-20)32(18-21-11-8-12-23(15-21)38-2)27(34)19-33(39(3,36)37)25-14-13-22(29)17-24(25)30/h5-15,17,26H,4,16,18-19H2,1-3H3,(H,31,35). The second kappa shape index (κ2) is 13.7. The molecule has 1 atom stereocenters. The Labute approximate surface area is 239 Å². The Morgan fingerprint density at radius 2 is 1.67 bits per heavy atom. The van der Waals surface area contributed by atoms with Crippen molar-refractivity contribution in [3.8, 4) is 5.75 Å². The van der Waals surface area contributed by atoms with Crippen LogP contribution in [-0.4, -0.2) is 57.6 Å². The lowest BCUT2D eigenvalue weighted by Gasteiger charge is -2.33. The first kappa shape index (κ1) is 30.3. The Balaban J connectivity index is 2.07. The third-order valence-electron chi connectivity index (χ3n) is 5.97. The number of methoxy groups -OCH3 is 1. The van der Waals surface area contributed by atoms with Crippen molar-refractivity contribution in [2.75, 3.05) is 30.8 Å². The SMILES string of the molecule is CCNC(=O)C(Cc1ccccc1)N(Cc1cccc(OC)c1)C(=O)CN(c1ccc(Cl)cc1Cl)S(C)(=O)=O. The van der Waals surface area contributed by atoms with Crippen LogP contribution in [0.1, 0.15) is 18.1 Å². The number of hydrogen-bond acceptors (Lipinski definition) is 5. The maximum atomic E-state index is 14.0. The predicted octanol–water partition coefficient (Wildman–Crippen LogP) is 4.54. The molecular formula is C28H31Cl2N3O5S. The van der Waals surface area contributed by atoms with Crippen molar-refractivity contribution in [1.29, 1.82) is 0 Å². The highest BCUT2D eigenvalue weighted by Gasteiger charge is 2.33. The van der Waals surface area contributed by atoms with Gasteiger partial charge >= 0.3 is 0 Å². The highest BCUT2D eigenvalue weighted by molar-refractivity contribution is 7.92. The van der Waals surface area contributed by atoms with Gasteiger partial charge in [0.25, 0.3) is 0 Å². The van der Waals surface area contributed by atoms with Gasteiger partial charge in [0.05, 0.1) is 24.1 Å². The fraction of sp³-hybridized carbons (Fsp3) is 0.286. The van der Waals surface area contributed by atoms with Crippen molar-refractivity contribution in [1.82, 2.24) is 10.2 Å². The van der Waals surface area contributed by atoms with Gasteiger partial charge in [-0.1, -0.05) is 65.7 Å². The van der Waals surface area contributed by atoms with Crippen LogP contribution in [0.5, 0.6) is 5.75 Å². The van der Waals surface area contributed by atoms with Crippen LogP contribution in [-0.2, 0) is 32.6 Å². The number of rotatable bonds is 12. The van der Waals surface area contributed by atoms with Crippen molar-refractivity contribution >= 4 is 50.7 Å². The summed E-state index contributed by atoms with van der Waals surface area (Å²) in [6.07, 6.45) is 1.21. The van der Waals surface area contributed by atoms with E-state index in [9.17, 15) is 18.0 Å². The molecular weight excluding hydrogens is 561 g/mol. The van der Waals surface area contributed by atoms with Gasteiger partial charge in [0, 0.05) is 24.5 Å². The van der Waals surface area contributed by atoms with Gasteiger partial charge in [-0.05, 0) is 48.4 Å². The number of hydrogen-bond donors (Lipinski definition) is 1. The number of amides is 2. The van der Waals surface area contributed by atoms with E-state index in [0.717, 1.165) is 16.1 Å². The Morgan fingerprint density at radius 1 is 0.974 bits per heavy atom. The Bertz CT molecular complexity index is 1400. The van der Waals surface area contributed by atoms with E-state index in [4.69, 9.17) is 27.9 Å². The second-order valence-electron chi connectivity index (χ2n) is 8.84. The van der Waals surface area contributed by atoms with Crippen LogP contribution in [0.4, 0.5) is 5.69 Å². The molecule has 0 aliphatic carbocycles. The maximum absolute atomic E-state index is 14.0. The van der Waals surface area contributed by atoms with Crippen molar-refractivity contribution in [2.24, 2.45) is 0 Å². The number of carbonyl (C=O) groups excluding carboxylic acids is 2. The normalized spacial score (nSPS) is 11.9. The molecule has 0 heterocycles. The van der Waals surface area contributed by atoms with Crippen LogP contribution >= 0.6 is 23.2 Å². The van der Waals surface area contributed by atoms with E-state index < -0.39 is 28.5 Å². The summed E-state index contributed by atoms with van der Waals surface area (Å²) in [7, 11) is -2.41. The van der Waals surface area contributed by atoms with E-state index in [1.54, 1.807) is 25.1 Å². The molecule has 11 heteroatoms. The lowest BCUT2D eigenvalue weighted by atomic mass is 10.0. The number of nitrogens with zero attached hydrogens (tertiary/aromatic N) is 2. The summed E-state index contributed by atoms with van der Waals surface area (Å²) in [5, 5.41) is 3.21. The van der Waals surface area contributed by atoms with E-state index in [1.807, 2.05) is 36.4 Å². The zero-order valence-corrected chi connectivity index (χ0v) is 24.3. The van der Waals surface area contributed by atoms with Gasteiger partial charge in [-0.15, -0.1) is 0 Å². The largest absolute Gasteiger partial charge is 0.497 e. The zero-order valence-electron chi connectivity index (χ0n) is 21.9. The van der Waals surface area contributed by atoms with Crippen molar-refractivity contribution in [3.63, 3.8) is 0 Å². The smallest absolute Gasteiger partial charge is 0.244 e. The number of carbonyl (C=O) groups is 2. The number of benzene rings is 3. The zero-order chi connectivity index (χ0) is 28.6. The Kier molecular flexibility index (Phi) is 10.6. The van der Waals surface area contributed by atoms with Gasteiger partial charge in [0.2, 0.25) is 21.8 Å². The molecule has 8 nitrogen and oxygen atoms in total. The van der Waals surface area contributed by atoms with Crippen molar-refractivity contribution in [3.05, 3.63) is 94.0 Å². The summed E-state index contributed by atoms with van der Waals surface area (Å²) in [6.45, 7) is 1.62. The summed E-state index contributed by atoms with van der Waals surface area (Å²) in [5.74, 6) is -0.349. The van der Waals surface area contributed by atoms with Gasteiger partial charge < -0.3 is 15.0 Å². The minimum absolute atomic E-state index is 0.0383. The number of ether oxygens (including phenoxy) is 1. The predicted molar refractivity (Wildman–Crippen MR) is 155 cm³/mol. The second-order valence-corrected chi connectivity index (χ2v) is 11.6. The molecule has 2 amide bonds. The molecule has 0 saturated heterocycles. The summed E-state index contributed by atoms with van der Waals surface area (Å²) in [4.78, 5) is 28.7. The molecule has 3 rings (SSSR count). The van der Waals surface area contributed by atoms with Crippen LogP contribution in [0.2, 0.25) is 10.0 Å². The van der Waals surface area contributed by atoms with Crippen molar-refractivity contribution in [2.45, 2.75) is 25.9 Å². The van der Waals surface area contributed by atoms with Crippen LogP contribution in [0.3, 0.4) is 0 Å². The number of nitrogens with one attached hydrogen (secondary N) is 1. The third kappa shape index (κ3) is 8.36. The van der Waals surface area contributed by atoms with E-state index in [2.05, 4.69) is 5.32 Å². The minimum atomic E-state index is -3.94. The van der Waals surface area contributed by atoms with E-state index in [1.165, 1.54) is 30.2 Å². The first-order valence-electron chi connectivity index (χ1n) is 12.2. The van der Waals surface area contributed by atoms with Gasteiger partial charge in [-0.2, -0.15) is 0 Å². The number of sulfonamides is 1. The van der Waals surface area contributed by atoms with E-state index in [0.29, 0.717) is 22.9 Å². The molecule has 3 aromatic carbocycles. The Morgan fingerprint density at radius 3 is 2.28 bits per heavy atom.